The molecule has 116 valence electrons. The van der Waals surface area contributed by atoms with E-state index in [9.17, 15) is 8.42 Å². The fourth-order valence-electron chi connectivity index (χ4n) is 1.75. The highest BCUT2D eigenvalue weighted by molar-refractivity contribution is 7.89. The maximum absolute atomic E-state index is 12.7. The highest BCUT2D eigenvalue weighted by atomic mass is 32.2. The SMILES string of the molecule is COCCCN(CCOC)S(=O)(=O)c1cccnc1C#N. The van der Waals surface area contributed by atoms with E-state index in [0.29, 0.717) is 19.6 Å². The van der Waals surface area contributed by atoms with Crippen LogP contribution in [-0.2, 0) is 19.5 Å². The van der Waals surface area contributed by atoms with Gasteiger partial charge in [0.05, 0.1) is 6.61 Å². The van der Waals surface area contributed by atoms with Crippen molar-refractivity contribution >= 4 is 10.0 Å². The molecule has 0 aliphatic rings. The Bertz CT molecular complexity index is 583. The average molecular weight is 313 g/mol. The summed E-state index contributed by atoms with van der Waals surface area (Å²) in [6.45, 7) is 1.23. The molecule has 0 fully saturated rings. The fraction of sp³-hybridized carbons (Fsp3) is 0.538. The average Bonchev–Trinajstić information content (AvgIpc) is 2.50. The molecule has 0 aromatic carbocycles. The molecule has 7 nitrogen and oxygen atoms in total. The Morgan fingerprint density at radius 2 is 2.00 bits per heavy atom. The van der Waals surface area contributed by atoms with Crippen LogP contribution in [0, 0.1) is 11.3 Å². The fourth-order valence-corrected chi connectivity index (χ4v) is 3.31. The third-order valence-electron chi connectivity index (χ3n) is 2.80. The van der Waals surface area contributed by atoms with Crippen LogP contribution in [0.5, 0.6) is 0 Å². The molecular formula is C13H19N3O4S. The Labute approximate surface area is 125 Å². The number of hydrogen-bond donors (Lipinski definition) is 0. The second kappa shape index (κ2) is 8.69. The molecule has 0 saturated heterocycles. The third-order valence-corrected chi connectivity index (χ3v) is 4.73. The molecule has 21 heavy (non-hydrogen) atoms. The summed E-state index contributed by atoms with van der Waals surface area (Å²) < 4.78 is 36.5. The number of ether oxygens (including phenoxy) is 2. The number of methoxy groups -OCH3 is 2. The summed E-state index contributed by atoms with van der Waals surface area (Å²) in [5, 5.41) is 9.01. The van der Waals surface area contributed by atoms with Gasteiger partial charge in [0.2, 0.25) is 10.0 Å². The van der Waals surface area contributed by atoms with E-state index in [1.165, 1.54) is 29.7 Å². The molecule has 0 amide bonds. The zero-order valence-electron chi connectivity index (χ0n) is 12.2. The van der Waals surface area contributed by atoms with Crippen LogP contribution >= 0.6 is 0 Å². The van der Waals surface area contributed by atoms with Crippen LogP contribution in [0.2, 0.25) is 0 Å². The predicted octanol–water partition coefficient (Wildman–Crippen LogP) is 0.627. The summed E-state index contributed by atoms with van der Waals surface area (Å²) in [4.78, 5) is 3.72. The first-order valence-corrected chi connectivity index (χ1v) is 7.85. The number of sulfonamides is 1. The van der Waals surface area contributed by atoms with Crippen molar-refractivity contribution < 1.29 is 17.9 Å². The van der Waals surface area contributed by atoms with Gasteiger partial charge >= 0.3 is 0 Å². The van der Waals surface area contributed by atoms with Crippen LogP contribution in [0.4, 0.5) is 0 Å². The number of hydrogen-bond acceptors (Lipinski definition) is 6. The molecule has 0 aliphatic carbocycles. The molecule has 0 radical (unpaired) electrons. The van der Waals surface area contributed by atoms with Gasteiger partial charge in [0.15, 0.2) is 5.69 Å². The molecule has 0 atom stereocenters. The molecule has 0 unspecified atom stereocenters. The van der Waals surface area contributed by atoms with Crippen molar-refractivity contribution in [2.24, 2.45) is 0 Å². The number of nitrogens with zero attached hydrogens (tertiary/aromatic N) is 3. The van der Waals surface area contributed by atoms with Gasteiger partial charge in [-0.3, -0.25) is 0 Å². The van der Waals surface area contributed by atoms with Crippen molar-refractivity contribution in [3.05, 3.63) is 24.0 Å². The minimum Gasteiger partial charge on any atom is -0.385 e. The number of rotatable bonds is 9. The molecule has 0 spiro atoms. The van der Waals surface area contributed by atoms with Gasteiger partial charge in [-0.2, -0.15) is 9.57 Å². The van der Waals surface area contributed by atoms with Crippen molar-refractivity contribution in [1.29, 1.82) is 5.26 Å². The van der Waals surface area contributed by atoms with E-state index in [4.69, 9.17) is 14.7 Å². The normalized spacial score (nSPS) is 11.5. The first kappa shape index (κ1) is 17.5. The molecular weight excluding hydrogens is 294 g/mol. The molecule has 0 bridgehead atoms. The summed E-state index contributed by atoms with van der Waals surface area (Å²) >= 11 is 0. The standard InChI is InChI=1S/C13H19N3O4S/c1-19-9-4-7-16(8-10-20-2)21(17,18)13-5-3-6-15-12(13)11-14/h3,5-6H,4,7-10H2,1-2H3. The second-order valence-corrected chi connectivity index (χ2v) is 6.11. The smallest absolute Gasteiger partial charge is 0.246 e. The van der Waals surface area contributed by atoms with Gasteiger partial charge in [-0.15, -0.1) is 0 Å². The van der Waals surface area contributed by atoms with Gasteiger partial charge in [0.25, 0.3) is 0 Å². The molecule has 1 aromatic heterocycles. The lowest BCUT2D eigenvalue weighted by Crippen LogP contribution is -2.35. The van der Waals surface area contributed by atoms with E-state index < -0.39 is 10.0 Å². The van der Waals surface area contributed by atoms with Gasteiger partial charge in [-0.05, 0) is 18.6 Å². The summed E-state index contributed by atoms with van der Waals surface area (Å²) in [7, 11) is -0.721. The number of nitriles is 1. The molecule has 0 aliphatic heterocycles. The highest BCUT2D eigenvalue weighted by Gasteiger charge is 2.27. The molecule has 0 N–H and O–H groups in total. The van der Waals surface area contributed by atoms with Crippen molar-refractivity contribution in [2.75, 3.05) is 40.5 Å². The monoisotopic (exact) mass is 313 g/mol. The van der Waals surface area contributed by atoms with Gasteiger partial charge in [-0.25, -0.2) is 13.4 Å². The third kappa shape index (κ3) is 4.75. The summed E-state index contributed by atoms with van der Waals surface area (Å²) in [6, 6.07) is 4.69. The Kier molecular flexibility index (Phi) is 7.25. The Morgan fingerprint density at radius 1 is 1.29 bits per heavy atom. The molecule has 1 rings (SSSR count). The van der Waals surface area contributed by atoms with Gasteiger partial charge < -0.3 is 9.47 Å². The second-order valence-electron chi connectivity index (χ2n) is 4.21. The largest absolute Gasteiger partial charge is 0.385 e. The summed E-state index contributed by atoms with van der Waals surface area (Å²) in [5.41, 5.74) is -0.105. The van der Waals surface area contributed by atoms with E-state index in [0.717, 1.165) is 0 Å². The summed E-state index contributed by atoms with van der Waals surface area (Å²) in [6.07, 6.45) is 1.95. The topological polar surface area (TPSA) is 92.5 Å². The molecule has 8 heteroatoms. The van der Waals surface area contributed by atoms with Crippen molar-refractivity contribution in [3.8, 4) is 6.07 Å². The van der Waals surface area contributed by atoms with E-state index in [2.05, 4.69) is 4.98 Å². The maximum atomic E-state index is 12.7. The first-order valence-electron chi connectivity index (χ1n) is 6.41. The van der Waals surface area contributed by atoms with E-state index >= 15 is 0 Å². The van der Waals surface area contributed by atoms with E-state index in [1.807, 2.05) is 6.07 Å². The van der Waals surface area contributed by atoms with E-state index in [1.54, 1.807) is 7.11 Å². The summed E-state index contributed by atoms with van der Waals surface area (Å²) in [5.74, 6) is 0. The molecule has 1 heterocycles. The Balaban J connectivity index is 3.05. The number of aromatic nitrogens is 1. The predicted molar refractivity (Wildman–Crippen MR) is 76.1 cm³/mol. The van der Waals surface area contributed by atoms with Crippen LogP contribution in [0.1, 0.15) is 12.1 Å². The minimum absolute atomic E-state index is 0.0824. The van der Waals surface area contributed by atoms with E-state index in [-0.39, 0.29) is 23.7 Å². The molecule has 0 saturated carbocycles. The minimum atomic E-state index is -3.78. The Morgan fingerprint density at radius 3 is 2.62 bits per heavy atom. The van der Waals surface area contributed by atoms with Crippen LogP contribution in [0.25, 0.3) is 0 Å². The lowest BCUT2D eigenvalue weighted by atomic mass is 10.4. The lowest BCUT2D eigenvalue weighted by molar-refractivity contribution is 0.164. The van der Waals surface area contributed by atoms with Crippen molar-refractivity contribution in [1.82, 2.24) is 9.29 Å². The van der Waals surface area contributed by atoms with Gasteiger partial charge in [-0.1, -0.05) is 0 Å². The zero-order chi connectivity index (χ0) is 15.7. The van der Waals surface area contributed by atoms with Crippen molar-refractivity contribution in [2.45, 2.75) is 11.3 Å². The van der Waals surface area contributed by atoms with Crippen LogP contribution < -0.4 is 0 Å². The lowest BCUT2D eigenvalue weighted by Gasteiger charge is -2.22. The van der Waals surface area contributed by atoms with Gasteiger partial charge in [0, 0.05) is 40.1 Å². The Hall–Kier alpha value is -1.53. The number of pyridine rings is 1. The van der Waals surface area contributed by atoms with Crippen LogP contribution in [0.15, 0.2) is 23.2 Å². The first-order chi connectivity index (χ1) is 10.1. The highest BCUT2D eigenvalue weighted by Crippen LogP contribution is 2.18. The van der Waals surface area contributed by atoms with Gasteiger partial charge in [0.1, 0.15) is 11.0 Å². The van der Waals surface area contributed by atoms with Crippen molar-refractivity contribution in [3.63, 3.8) is 0 Å². The zero-order valence-corrected chi connectivity index (χ0v) is 13.0. The van der Waals surface area contributed by atoms with Crippen LogP contribution in [-0.4, -0.2) is 58.2 Å². The van der Waals surface area contributed by atoms with Crippen LogP contribution in [0.3, 0.4) is 0 Å². The quantitative estimate of drug-likeness (QED) is 0.621. The molecule has 1 aromatic rings. The maximum Gasteiger partial charge on any atom is 0.246 e.